The summed E-state index contributed by atoms with van der Waals surface area (Å²) in [6.07, 6.45) is 2.81. The average molecular weight is 340 g/mol. The van der Waals surface area contributed by atoms with Crippen molar-refractivity contribution in [3.05, 3.63) is 25.3 Å². The third-order valence-corrected chi connectivity index (χ3v) is 3.29. The van der Waals surface area contributed by atoms with Gasteiger partial charge in [-0.2, -0.15) is 0 Å². The molecule has 0 aromatic heterocycles. The third-order valence-electron chi connectivity index (χ3n) is 3.29. The van der Waals surface area contributed by atoms with Crippen LogP contribution in [0.25, 0.3) is 0 Å². The van der Waals surface area contributed by atoms with Crippen molar-refractivity contribution in [2.45, 2.75) is 52.4 Å². The van der Waals surface area contributed by atoms with Crippen molar-refractivity contribution in [3.63, 3.8) is 0 Å². The molecule has 0 aliphatic rings. The summed E-state index contributed by atoms with van der Waals surface area (Å²) in [6, 6.07) is -0.164. The van der Waals surface area contributed by atoms with Crippen LogP contribution < -0.4 is 10.6 Å². The molecule has 0 rings (SSSR count). The normalized spacial score (nSPS) is 14.5. The number of nitrogens with one attached hydrogen (secondary N) is 2. The summed E-state index contributed by atoms with van der Waals surface area (Å²) in [5, 5.41) is 5.74. The summed E-state index contributed by atoms with van der Waals surface area (Å²) in [6.45, 7) is 15.6. The highest BCUT2D eigenvalue weighted by atomic mass is 16.5. The first-order valence-corrected chi connectivity index (χ1v) is 8.34. The van der Waals surface area contributed by atoms with E-state index in [0.717, 1.165) is 6.42 Å². The van der Waals surface area contributed by atoms with E-state index in [1.165, 1.54) is 0 Å². The van der Waals surface area contributed by atoms with Crippen molar-refractivity contribution >= 4 is 11.8 Å². The highest BCUT2D eigenvalue weighted by molar-refractivity contribution is 5.81. The van der Waals surface area contributed by atoms with Gasteiger partial charge in [0.15, 0.2) is 0 Å². The second kappa shape index (κ2) is 12.7. The molecule has 0 aromatic rings. The van der Waals surface area contributed by atoms with Crippen LogP contribution >= 0.6 is 0 Å². The predicted octanol–water partition coefficient (Wildman–Crippen LogP) is 1.82. The number of carbonyl (C=O) groups excluding carboxylic acids is 2. The molecule has 0 fully saturated rings. The standard InChI is InChI=1S/C18H32N2O4/c1-7-9-23-14(5)17(21)19-12-16(11-13(3)4)20-18(22)15(6)24-10-8-2/h7-8,13-16H,1-2,9-12H2,3-6H3,(H,19,21)(H,20,22)/t14-,15-,16-/m1/s1. The van der Waals surface area contributed by atoms with Crippen LogP contribution in [0.2, 0.25) is 0 Å². The lowest BCUT2D eigenvalue weighted by Gasteiger charge is -2.23. The maximum atomic E-state index is 12.1. The maximum Gasteiger partial charge on any atom is 0.249 e. The first-order chi connectivity index (χ1) is 11.3. The summed E-state index contributed by atoms with van der Waals surface area (Å²) in [5.74, 6) is -0.0328. The fourth-order valence-electron chi connectivity index (χ4n) is 2.02. The Morgan fingerprint density at radius 3 is 1.92 bits per heavy atom. The van der Waals surface area contributed by atoms with Gasteiger partial charge in [-0.1, -0.05) is 26.0 Å². The van der Waals surface area contributed by atoms with E-state index in [9.17, 15) is 9.59 Å². The fourth-order valence-corrected chi connectivity index (χ4v) is 2.02. The van der Waals surface area contributed by atoms with Gasteiger partial charge in [0.2, 0.25) is 11.8 Å². The summed E-state index contributed by atoms with van der Waals surface area (Å²) in [4.78, 5) is 24.1. The van der Waals surface area contributed by atoms with Gasteiger partial charge in [0, 0.05) is 12.6 Å². The van der Waals surface area contributed by atoms with E-state index in [1.807, 2.05) is 0 Å². The fraction of sp³-hybridized carbons (Fsp3) is 0.667. The van der Waals surface area contributed by atoms with Gasteiger partial charge < -0.3 is 20.1 Å². The Kier molecular flexibility index (Phi) is 11.8. The number of hydrogen-bond donors (Lipinski definition) is 2. The van der Waals surface area contributed by atoms with Crippen molar-refractivity contribution in [2.75, 3.05) is 19.8 Å². The van der Waals surface area contributed by atoms with Gasteiger partial charge in [-0.05, 0) is 26.2 Å². The summed E-state index contributed by atoms with van der Waals surface area (Å²) >= 11 is 0. The lowest BCUT2D eigenvalue weighted by Crippen LogP contribution is -2.49. The molecule has 2 amide bonds. The van der Waals surface area contributed by atoms with Gasteiger partial charge >= 0.3 is 0 Å². The quantitative estimate of drug-likeness (QED) is 0.501. The molecule has 0 heterocycles. The summed E-state index contributed by atoms with van der Waals surface area (Å²) < 4.78 is 10.6. The van der Waals surface area contributed by atoms with Crippen molar-refractivity contribution in [2.24, 2.45) is 5.92 Å². The average Bonchev–Trinajstić information content (AvgIpc) is 2.54. The van der Waals surface area contributed by atoms with Crippen LogP contribution in [0, 0.1) is 5.92 Å². The van der Waals surface area contributed by atoms with Gasteiger partial charge in [0.25, 0.3) is 0 Å². The van der Waals surface area contributed by atoms with Crippen molar-refractivity contribution in [3.8, 4) is 0 Å². The number of rotatable bonds is 13. The van der Waals surface area contributed by atoms with Gasteiger partial charge in [0.1, 0.15) is 12.2 Å². The van der Waals surface area contributed by atoms with Crippen LogP contribution in [0.15, 0.2) is 25.3 Å². The summed E-state index contributed by atoms with van der Waals surface area (Å²) in [5.41, 5.74) is 0. The molecule has 0 unspecified atom stereocenters. The van der Waals surface area contributed by atoms with E-state index < -0.39 is 12.2 Å². The second-order valence-electron chi connectivity index (χ2n) is 6.11. The zero-order valence-corrected chi connectivity index (χ0v) is 15.3. The van der Waals surface area contributed by atoms with Gasteiger partial charge in [-0.3, -0.25) is 9.59 Å². The molecule has 0 spiro atoms. The van der Waals surface area contributed by atoms with Crippen LogP contribution in [0.4, 0.5) is 0 Å². The van der Waals surface area contributed by atoms with Crippen molar-refractivity contribution in [1.29, 1.82) is 0 Å². The molecule has 6 heteroatoms. The van der Waals surface area contributed by atoms with Crippen LogP contribution in [0.3, 0.4) is 0 Å². The Hall–Kier alpha value is -1.66. The molecule has 0 aliphatic carbocycles. The zero-order chi connectivity index (χ0) is 18.5. The van der Waals surface area contributed by atoms with Crippen LogP contribution in [0.5, 0.6) is 0 Å². The third kappa shape index (κ3) is 10.2. The highest BCUT2D eigenvalue weighted by Crippen LogP contribution is 2.05. The van der Waals surface area contributed by atoms with E-state index >= 15 is 0 Å². The van der Waals surface area contributed by atoms with Crippen molar-refractivity contribution in [1.82, 2.24) is 10.6 Å². The number of carbonyl (C=O) groups is 2. The Morgan fingerprint density at radius 2 is 1.46 bits per heavy atom. The molecular weight excluding hydrogens is 308 g/mol. The van der Waals surface area contributed by atoms with Gasteiger partial charge in [-0.25, -0.2) is 0 Å². The smallest absolute Gasteiger partial charge is 0.249 e. The number of amides is 2. The van der Waals surface area contributed by atoms with Crippen LogP contribution in [-0.2, 0) is 19.1 Å². The monoisotopic (exact) mass is 340 g/mol. The minimum atomic E-state index is -0.566. The first-order valence-electron chi connectivity index (χ1n) is 8.34. The molecule has 138 valence electrons. The SMILES string of the molecule is C=CCO[C@H](C)C(=O)NC[C@@H](CC(C)C)NC(=O)[C@@H](C)OCC=C. The molecule has 0 radical (unpaired) electrons. The van der Waals surface area contributed by atoms with Gasteiger partial charge in [-0.15, -0.1) is 13.2 Å². The molecule has 3 atom stereocenters. The minimum Gasteiger partial charge on any atom is -0.365 e. The zero-order valence-electron chi connectivity index (χ0n) is 15.3. The van der Waals surface area contributed by atoms with E-state index in [2.05, 4.69) is 37.6 Å². The van der Waals surface area contributed by atoms with Crippen LogP contribution in [-0.4, -0.2) is 49.8 Å². The molecule has 0 saturated carbocycles. The van der Waals surface area contributed by atoms with E-state index in [4.69, 9.17) is 9.47 Å². The first kappa shape index (κ1) is 22.3. The lowest BCUT2D eigenvalue weighted by atomic mass is 10.0. The largest absolute Gasteiger partial charge is 0.365 e. The van der Waals surface area contributed by atoms with Gasteiger partial charge in [0.05, 0.1) is 13.2 Å². The van der Waals surface area contributed by atoms with E-state index in [1.54, 1.807) is 26.0 Å². The second-order valence-corrected chi connectivity index (χ2v) is 6.11. The Labute approximate surface area is 145 Å². The van der Waals surface area contributed by atoms with Crippen molar-refractivity contribution < 1.29 is 19.1 Å². The predicted molar refractivity (Wildman–Crippen MR) is 95.6 cm³/mol. The highest BCUT2D eigenvalue weighted by Gasteiger charge is 2.20. The number of hydrogen-bond acceptors (Lipinski definition) is 4. The molecule has 0 bridgehead atoms. The molecular formula is C18H32N2O4. The Bertz CT molecular complexity index is 410. The summed E-state index contributed by atoms with van der Waals surface area (Å²) in [7, 11) is 0. The molecule has 0 saturated heterocycles. The minimum absolute atomic E-state index is 0.164. The maximum absolute atomic E-state index is 12.1. The Morgan fingerprint density at radius 1 is 0.958 bits per heavy atom. The topological polar surface area (TPSA) is 76.7 Å². The Balaban J connectivity index is 4.49. The van der Waals surface area contributed by atoms with E-state index in [0.29, 0.717) is 25.7 Å². The molecule has 6 nitrogen and oxygen atoms in total. The van der Waals surface area contributed by atoms with Crippen LogP contribution in [0.1, 0.15) is 34.1 Å². The molecule has 24 heavy (non-hydrogen) atoms. The molecule has 0 aliphatic heterocycles. The van der Waals surface area contributed by atoms with E-state index in [-0.39, 0.29) is 17.9 Å². The molecule has 2 N–H and O–H groups in total. The molecule has 0 aromatic carbocycles. The number of ether oxygens (including phenoxy) is 2. The lowest BCUT2D eigenvalue weighted by molar-refractivity contribution is -0.133.